The quantitative estimate of drug-likeness (QED) is 0.497. The van der Waals surface area contributed by atoms with Crippen LogP contribution in [-0.4, -0.2) is 39.5 Å². The molecule has 0 aliphatic heterocycles. The monoisotopic (exact) mass is 438 g/mol. The molecule has 0 bridgehead atoms. The first kappa shape index (κ1) is 22.8. The van der Waals surface area contributed by atoms with Crippen molar-refractivity contribution in [2.75, 3.05) is 28.4 Å². The van der Waals surface area contributed by atoms with E-state index in [1.54, 1.807) is 38.5 Å². The smallest absolute Gasteiger partial charge is 0.339 e. The summed E-state index contributed by atoms with van der Waals surface area (Å²) in [5.41, 5.74) is 2.44. The molecule has 0 aliphatic carbocycles. The number of ether oxygens (including phenoxy) is 5. The van der Waals surface area contributed by atoms with Crippen LogP contribution in [0.2, 0.25) is 0 Å². The Hall–Kier alpha value is -3.87. The maximum Gasteiger partial charge on any atom is 0.339 e. The van der Waals surface area contributed by atoms with E-state index in [1.807, 2.05) is 31.2 Å². The Bertz CT molecular complexity index is 1110. The van der Waals surface area contributed by atoms with Gasteiger partial charge in [0, 0.05) is 17.5 Å². The van der Waals surface area contributed by atoms with Gasteiger partial charge in [-0.3, -0.25) is 0 Å². The first-order valence-electron chi connectivity index (χ1n) is 9.89. The van der Waals surface area contributed by atoms with Gasteiger partial charge in [0.05, 0.1) is 28.4 Å². The number of methoxy groups -OCH3 is 4. The van der Waals surface area contributed by atoms with Crippen LogP contribution in [0.25, 0.3) is 0 Å². The molecule has 0 spiro atoms. The van der Waals surface area contributed by atoms with Crippen molar-refractivity contribution in [3.05, 3.63) is 70.8 Å². The summed E-state index contributed by atoms with van der Waals surface area (Å²) < 4.78 is 28.0. The molecule has 0 saturated heterocycles. The number of benzene rings is 3. The van der Waals surface area contributed by atoms with Crippen molar-refractivity contribution in [2.24, 2.45) is 0 Å². The second-order valence-electron chi connectivity index (χ2n) is 6.96. The number of rotatable bonds is 9. The van der Waals surface area contributed by atoms with E-state index < -0.39 is 5.97 Å². The van der Waals surface area contributed by atoms with Crippen LogP contribution < -0.4 is 23.7 Å². The van der Waals surface area contributed by atoms with Crippen LogP contribution >= 0.6 is 0 Å². The molecule has 0 aliphatic rings. The van der Waals surface area contributed by atoms with Crippen LogP contribution in [0, 0.1) is 6.92 Å². The predicted octanol–water partition coefficient (Wildman–Crippen LogP) is 5.11. The van der Waals surface area contributed by atoms with Crippen molar-refractivity contribution in [1.82, 2.24) is 0 Å². The summed E-state index contributed by atoms with van der Waals surface area (Å²) in [5, 5.41) is 9.76. The zero-order valence-electron chi connectivity index (χ0n) is 18.7. The van der Waals surface area contributed by atoms with E-state index in [9.17, 15) is 9.90 Å². The van der Waals surface area contributed by atoms with Crippen molar-refractivity contribution in [1.29, 1.82) is 0 Å². The molecule has 0 atom stereocenters. The standard InChI is InChI=1S/C25H26O7/c1-15-18(22(29-3)24(31-5)23(30-4)21(15)28-2)13-16-11-12-20(19(14-16)25(26)27)32-17-9-7-6-8-10-17/h6-12,14H,13H2,1-5H3,(H,26,27). The number of aromatic carboxylic acids is 1. The van der Waals surface area contributed by atoms with Crippen LogP contribution in [0.4, 0.5) is 0 Å². The van der Waals surface area contributed by atoms with Gasteiger partial charge in [-0.1, -0.05) is 24.3 Å². The third-order valence-electron chi connectivity index (χ3n) is 5.13. The zero-order chi connectivity index (χ0) is 23.3. The van der Waals surface area contributed by atoms with E-state index in [4.69, 9.17) is 23.7 Å². The second kappa shape index (κ2) is 9.96. The average Bonchev–Trinajstić information content (AvgIpc) is 2.81. The topological polar surface area (TPSA) is 83.5 Å². The summed E-state index contributed by atoms with van der Waals surface area (Å²) in [6.07, 6.45) is 0.387. The number of para-hydroxylation sites is 1. The highest BCUT2D eigenvalue weighted by Crippen LogP contribution is 2.49. The molecule has 0 saturated carbocycles. The number of carbonyl (C=O) groups is 1. The number of hydrogen-bond acceptors (Lipinski definition) is 6. The third-order valence-corrected chi connectivity index (χ3v) is 5.13. The van der Waals surface area contributed by atoms with Crippen LogP contribution in [0.1, 0.15) is 27.0 Å². The Morgan fingerprint density at radius 3 is 1.97 bits per heavy atom. The summed E-state index contributed by atoms with van der Waals surface area (Å²) in [6.45, 7) is 1.89. The fourth-order valence-corrected chi connectivity index (χ4v) is 3.63. The molecule has 0 radical (unpaired) electrons. The van der Waals surface area contributed by atoms with Crippen molar-refractivity contribution in [3.63, 3.8) is 0 Å². The molecule has 0 heterocycles. The van der Waals surface area contributed by atoms with Gasteiger partial charge in [-0.15, -0.1) is 0 Å². The Morgan fingerprint density at radius 2 is 1.41 bits per heavy atom. The van der Waals surface area contributed by atoms with Crippen molar-refractivity contribution in [3.8, 4) is 34.5 Å². The summed E-state index contributed by atoms with van der Waals surface area (Å²) in [5.74, 6) is 1.63. The lowest BCUT2D eigenvalue weighted by atomic mass is 9.96. The van der Waals surface area contributed by atoms with Gasteiger partial charge in [-0.25, -0.2) is 4.79 Å². The van der Waals surface area contributed by atoms with Crippen LogP contribution in [0.15, 0.2) is 48.5 Å². The lowest BCUT2D eigenvalue weighted by Crippen LogP contribution is -2.06. The van der Waals surface area contributed by atoms with Crippen LogP contribution in [0.5, 0.6) is 34.5 Å². The van der Waals surface area contributed by atoms with E-state index in [0.717, 1.165) is 16.7 Å². The summed E-state index contributed by atoms with van der Waals surface area (Å²) in [4.78, 5) is 11.9. The van der Waals surface area contributed by atoms with E-state index >= 15 is 0 Å². The minimum atomic E-state index is -1.08. The molecule has 32 heavy (non-hydrogen) atoms. The Labute approximate surface area is 187 Å². The SMILES string of the molecule is COc1c(C)c(Cc2ccc(Oc3ccccc3)c(C(=O)O)c2)c(OC)c(OC)c1OC. The van der Waals surface area contributed by atoms with Gasteiger partial charge in [-0.05, 0) is 36.8 Å². The lowest BCUT2D eigenvalue weighted by Gasteiger charge is -2.22. The van der Waals surface area contributed by atoms with Gasteiger partial charge in [0.15, 0.2) is 11.5 Å². The molecule has 7 heteroatoms. The molecule has 0 fully saturated rings. The predicted molar refractivity (Wildman–Crippen MR) is 120 cm³/mol. The van der Waals surface area contributed by atoms with Gasteiger partial charge in [-0.2, -0.15) is 0 Å². The van der Waals surface area contributed by atoms with Crippen molar-refractivity contribution >= 4 is 5.97 Å². The van der Waals surface area contributed by atoms with Gasteiger partial charge in [0.1, 0.15) is 17.1 Å². The highest BCUT2D eigenvalue weighted by atomic mass is 16.5. The van der Waals surface area contributed by atoms with Gasteiger partial charge in [0.2, 0.25) is 11.5 Å². The van der Waals surface area contributed by atoms with Crippen LogP contribution in [-0.2, 0) is 6.42 Å². The second-order valence-corrected chi connectivity index (χ2v) is 6.96. The lowest BCUT2D eigenvalue weighted by molar-refractivity contribution is 0.0694. The number of hydrogen-bond donors (Lipinski definition) is 1. The molecule has 3 aromatic carbocycles. The first-order valence-corrected chi connectivity index (χ1v) is 9.89. The molecule has 0 amide bonds. The number of carboxylic acid groups (broad SMARTS) is 1. The third kappa shape index (κ3) is 4.42. The van der Waals surface area contributed by atoms with Gasteiger partial charge in [0.25, 0.3) is 0 Å². The normalized spacial score (nSPS) is 10.4. The highest BCUT2D eigenvalue weighted by molar-refractivity contribution is 5.91. The molecular formula is C25H26O7. The molecule has 7 nitrogen and oxygen atoms in total. The van der Waals surface area contributed by atoms with Gasteiger partial charge >= 0.3 is 5.97 Å². The summed E-state index contributed by atoms with van der Waals surface area (Å²) in [7, 11) is 6.16. The maximum atomic E-state index is 11.9. The summed E-state index contributed by atoms with van der Waals surface area (Å²) in [6, 6.07) is 14.1. The fraction of sp³-hybridized carbons (Fsp3) is 0.240. The minimum absolute atomic E-state index is 0.0652. The Morgan fingerprint density at radius 1 is 0.812 bits per heavy atom. The average molecular weight is 438 g/mol. The van der Waals surface area contributed by atoms with E-state index in [0.29, 0.717) is 35.2 Å². The molecule has 3 aromatic rings. The van der Waals surface area contributed by atoms with E-state index in [1.165, 1.54) is 14.2 Å². The highest BCUT2D eigenvalue weighted by Gasteiger charge is 2.26. The van der Waals surface area contributed by atoms with Crippen LogP contribution in [0.3, 0.4) is 0 Å². The summed E-state index contributed by atoms with van der Waals surface area (Å²) >= 11 is 0. The Kier molecular flexibility index (Phi) is 7.10. The zero-order valence-corrected chi connectivity index (χ0v) is 18.7. The first-order chi connectivity index (χ1) is 15.4. The molecule has 3 rings (SSSR count). The van der Waals surface area contributed by atoms with Gasteiger partial charge < -0.3 is 28.8 Å². The number of carboxylic acids is 1. The van der Waals surface area contributed by atoms with Crippen molar-refractivity contribution < 1.29 is 33.6 Å². The molecule has 1 N–H and O–H groups in total. The Balaban J connectivity index is 2.07. The van der Waals surface area contributed by atoms with E-state index in [-0.39, 0.29) is 11.3 Å². The fourth-order valence-electron chi connectivity index (χ4n) is 3.63. The maximum absolute atomic E-state index is 11.9. The molecular weight excluding hydrogens is 412 g/mol. The minimum Gasteiger partial charge on any atom is -0.492 e. The molecule has 0 unspecified atom stereocenters. The van der Waals surface area contributed by atoms with Crippen molar-refractivity contribution in [2.45, 2.75) is 13.3 Å². The molecule has 168 valence electrons. The largest absolute Gasteiger partial charge is 0.492 e. The van der Waals surface area contributed by atoms with E-state index in [2.05, 4.69) is 0 Å². The molecule has 0 aromatic heterocycles.